The molecule has 0 aliphatic carbocycles. The number of hydrogen-bond acceptors (Lipinski definition) is 6. The maximum Gasteiger partial charge on any atom is 0.274 e. The van der Waals surface area contributed by atoms with Crippen molar-refractivity contribution in [2.24, 2.45) is 5.92 Å². The van der Waals surface area contributed by atoms with Gasteiger partial charge in [-0.05, 0) is 36.2 Å². The van der Waals surface area contributed by atoms with Crippen molar-refractivity contribution in [2.75, 3.05) is 0 Å². The molecule has 0 aliphatic heterocycles. The van der Waals surface area contributed by atoms with Crippen LogP contribution in [0.15, 0.2) is 69.9 Å². The Kier molecular flexibility index (Phi) is 5.51. The molecule has 0 spiro atoms. The van der Waals surface area contributed by atoms with E-state index in [-0.39, 0.29) is 29.6 Å². The van der Waals surface area contributed by atoms with Crippen molar-refractivity contribution in [3.8, 4) is 10.8 Å². The number of thiazole rings is 1. The van der Waals surface area contributed by atoms with Crippen LogP contribution >= 0.6 is 11.3 Å². The van der Waals surface area contributed by atoms with Crippen molar-refractivity contribution in [2.45, 2.75) is 26.9 Å². The molecule has 1 amide bonds. The van der Waals surface area contributed by atoms with E-state index < -0.39 is 0 Å². The highest BCUT2D eigenvalue weighted by Gasteiger charge is 2.18. The Morgan fingerprint density at radius 3 is 2.61 bits per heavy atom. The van der Waals surface area contributed by atoms with E-state index >= 15 is 0 Å². The van der Waals surface area contributed by atoms with Gasteiger partial charge in [0, 0.05) is 11.9 Å². The van der Waals surface area contributed by atoms with E-state index in [1.807, 2.05) is 50.2 Å². The third-order valence-electron chi connectivity index (χ3n) is 5.21. The van der Waals surface area contributed by atoms with Crippen molar-refractivity contribution in [1.82, 2.24) is 20.1 Å². The van der Waals surface area contributed by atoms with Gasteiger partial charge in [0.1, 0.15) is 5.76 Å². The van der Waals surface area contributed by atoms with Crippen molar-refractivity contribution in [1.29, 1.82) is 0 Å². The first-order valence-electron chi connectivity index (χ1n) is 10.7. The molecule has 8 heteroatoms. The van der Waals surface area contributed by atoms with Crippen molar-refractivity contribution >= 4 is 38.2 Å². The zero-order valence-electron chi connectivity index (χ0n) is 18.2. The summed E-state index contributed by atoms with van der Waals surface area (Å²) in [6, 6.07) is 18.7. The van der Waals surface area contributed by atoms with Gasteiger partial charge in [-0.3, -0.25) is 9.59 Å². The molecular weight excluding hydrogens is 436 g/mol. The predicted molar refractivity (Wildman–Crippen MR) is 129 cm³/mol. The molecule has 0 radical (unpaired) electrons. The van der Waals surface area contributed by atoms with E-state index in [9.17, 15) is 9.59 Å². The lowest BCUT2D eigenvalue weighted by Gasteiger charge is -2.12. The Labute approximate surface area is 193 Å². The first-order chi connectivity index (χ1) is 16.0. The Balaban J connectivity index is 1.38. The molecule has 3 heterocycles. The van der Waals surface area contributed by atoms with Crippen molar-refractivity contribution in [3.05, 3.63) is 82.5 Å². The van der Waals surface area contributed by atoms with E-state index in [2.05, 4.69) is 15.4 Å². The van der Waals surface area contributed by atoms with Crippen LogP contribution in [0.2, 0.25) is 0 Å². The Morgan fingerprint density at radius 2 is 1.82 bits per heavy atom. The number of rotatable bonds is 6. The molecule has 33 heavy (non-hydrogen) atoms. The lowest BCUT2D eigenvalue weighted by atomic mass is 10.1. The maximum absolute atomic E-state index is 13.0. The second kappa shape index (κ2) is 8.63. The zero-order chi connectivity index (χ0) is 22.9. The van der Waals surface area contributed by atoms with Gasteiger partial charge in [0.05, 0.1) is 22.1 Å². The summed E-state index contributed by atoms with van der Waals surface area (Å²) in [5.41, 5.74) is 0.962. The molecule has 0 saturated carbocycles. The molecule has 0 atom stereocenters. The lowest BCUT2D eigenvalue weighted by molar-refractivity contribution is 0.0942. The number of fused-ring (bicyclic) bond motifs is 2. The number of aromatic nitrogens is 3. The molecular formula is C25H22N4O3S. The van der Waals surface area contributed by atoms with Crippen LogP contribution in [0.25, 0.3) is 31.8 Å². The average molecular weight is 459 g/mol. The molecule has 5 aromatic rings. The van der Waals surface area contributed by atoms with Crippen LogP contribution in [0.5, 0.6) is 0 Å². The minimum Gasteiger partial charge on any atom is -0.457 e. The first kappa shape index (κ1) is 21.1. The number of benzene rings is 2. The quantitative estimate of drug-likeness (QED) is 0.393. The van der Waals surface area contributed by atoms with Gasteiger partial charge in [0.15, 0.2) is 16.5 Å². The summed E-state index contributed by atoms with van der Waals surface area (Å²) in [6.07, 6.45) is 0. The molecule has 166 valence electrons. The smallest absolute Gasteiger partial charge is 0.274 e. The third-order valence-corrected chi connectivity index (χ3v) is 6.26. The summed E-state index contributed by atoms with van der Waals surface area (Å²) < 4.78 is 8.39. The number of hydrogen-bond donors (Lipinski definition) is 1. The molecule has 0 fully saturated rings. The number of nitrogens with one attached hydrogen (secondary N) is 1. The number of carbonyl (C=O) groups excluding carboxylic acids is 1. The van der Waals surface area contributed by atoms with Crippen LogP contribution in [0, 0.1) is 5.92 Å². The summed E-state index contributed by atoms with van der Waals surface area (Å²) in [4.78, 5) is 30.4. The number of nitrogens with zero attached hydrogens (tertiary/aromatic N) is 3. The van der Waals surface area contributed by atoms with Gasteiger partial charge in [0.2, 0.25) is 0 Å². The van der Waals surface area contributed by atoms with Gasteiger partial charge >= 0.3 is 0 Å². The fourth-order valence-corrected chi connectivity index (χ4v) is 4.62. The van der Waals surface area contributed by atoms with Crippen LogP contribution in [0.1, 0.15) is 30.1 Å². The summed E-state index contributed by atoms with van der Waals surface area (Å²) in [7, 11) is 0. The Hall–Kier alpha value is -3.78. The summed E-state index contributed by atoms with van der Waals surface area (Å²) >= 11 is 1.56. The lowest BCUT2D eigenvalue weighted by Crippen LogP contribution is -2.31. The van der Waals surface area contributed by atoms with Gasteiger partial charge in [-0.25, -0.2) is 9.67 Å². The first-order valence-corrected chi connectivity index (χ1v) is 11.5. The minimum absolute atomic E-state index is 0.192. The highest BCUT2D eigenvalue weighted by Crippen LogP contribution is 2.31. The molecule has 0 aliphatic rings. The van der Waals surface area contributed by atoms with Crippen LogP contribution in [0.3, 0.4) is 0 Å². The number of para-hydroxylation sites is 1. The number of carbonyl (C=O) groups is 1. The second-order valence-corrected chi connectivity index (χ2v) is 9.24. The van der Waals surface area contributed by atoms with Gasteiger partial charge < -0.3 is 9.73 Å². The molecule has 7 nitrogen and oxygen atoms in total. The SMILES string of the molecule is CC(C)Cn1nc(C(=O)NCc2ccc(-c3nc4ccccc4s3)o2)c2ccccc2c1=O. The van der Waals surface area contributed by atoms with E-state index in [4.69, 9.17) is 4.42 Å². The number of amides is 1. The standard InChI is InChI=1S/C25H22N4O3S/c1-15(2)14-29-25(31)18-8-4-3-7-17(18)22(28-29)23(30)26-13-16-11-12-20(32-16)24-27-19-9-5-6-10-21(19)33-24/h3-12,15H,13-14H2,1-2H3,(H,26,30). The predicted octanol–water partition coefficient (Wildman–Crippen LogP) is 4.85. The topological polar surface area (TPSA) is 90.0 Å². The molecule has 2 aromatic carbocycles. The molecule has 3 aromatic heterocycles. The van der Waals surface area contributed by atoms with Crippen LogP contribution in [0.4, 0.5) is 0 Å². The maximum atomic E-state index is 13.0. The monoisotopic (exact) mass is 458 g/mol. The zero-order valence-corrected chi connectivity index (χ0v) is 19.1. The highest BCUT2D eigenvalue weighted by atomic mass is 32.1. The fourth-order valence-electron chi connectivity index (χ4n) is 3.69. The summed E-state index contributed by atoms with van der Waals surface area (Å²) in [6.45, 7) is 4.64. The van der Waals surface area contributed by atoms with Crippen molar-refractivity contribution in [3.63, 3.8) is 0 Å². The normalized spacial score (nSPS) is 11.5. The molecule has 0 unspecified atom stereocenters. The van der Waals surface area contributed by atoms with Gasteiger partial charge in [-0.2, -0.15) is 5.10 Å². The van der Waals surface area contributed by atoms with Gasteiger partial charge in [0.25, 0.3) is 11.5 Å². The summed E-state index contributed by atoms with van der Waals surface area (Å²) in [5, 5.41) is 9.07. The van der Waals surface area contributed by atoms with Gasteiger partial charge in [-0.15, -0.1) is 11.3 Å². The number of furan rings is 1. The molecule has 0 saturated heterocycles. The minimum atomic E-state index is -0.360. The van der Waals surface area contributed by atoms with Crippen molar-refractivity contribution < 1.29 is 9.21 Å². The Morgan fingerprint density at radius 1 is 1.06 bits per heavy atom. The fraction of sp³-hybridized carbons (Fsp3) is 0.200. The van der Waals surface area contributed by atoms with E-state index in [0.29, 0.717) is 28.8 Å². The largest absolute Gasteiger partial charge is 0.457 e. The average Bonchev–Trinajstić information content (AvgIpc) is 3.46. The molecule has 5 rings (SSSR count). The van der Waals surface area contributed by atoms with E-state index in [1.165, 1.54) is 4.68 Å². The van der Waals surface area contributed by atoms with Gasteiger partial charge in [-0.1, -0.05) is 44.2 Å². The van der Waals surface area contributed by atoms with Crippen LogP contribution in [-0.4, -0.2) is 20.7 Å². The molecule has 0 bridgehead atoms. The summed E-state index contributed by atoms with van der Waals surface area (Å²) in [5.74, 6) is 1.13. The van der Waals surface area contributed by atoms with E-state index in [1.54, 1.807) is 35.6 Å². The third kappa shape index (κ3) is 4.17. The second-order valence-electron chi connectivity index (χ2n) is 8.21. The highest BCUT2D eigenvalue weighted by molar-refractivity contribution is 7.21. The Bertz CT molecular complexity index is 1500. The molecule has 1 N–H and O–H groups in total. The van der Waals surface area contributed by atoms with E-state index in [0.717, 1.165) is 15.2 Å². The van der Waals surface area contributed by atoms with Crippen LogP contribution in [-0.2, 0) is 13.1 Å². The van der Waals surface area contributed by atoms with Crippen LogP contribution < -0.4 is 10.9 Å².